The average Bonchev–Trinajstić information content (AvgIpc) is 3.76. The predicted molar refractivity (Wildman–Crippen MR) is 182 cm³/mol. The minimum atomic E-state index is -4.25. The van der Waals surface area contributed by atoms with E-state index in [2.05, 4.69) is 6.07 Å². The number of carbonyl (C=O) groups excluding carboxylic acids is 2. The quantitative estimate of drug-likeness (QED) is 0.185. The summed E-state index contributed by atoms with van der Waals surface area (Å²) in [4.78, 5) is 29.2. The lowest BCUT2D eigenvalue weighted by Crippen LogP contribution is -2.37. The molecule has 0 radical (unpaired) electrons. The maximum Gasteiger partial charge on any atom is 0.268 e. The number of hydrogen-bond donors (Lipinski definition) is 1. The lowest BCUT2D eigenvalue weighted by molar-refractivity contribution is -0.119. The molecule has 7 rings (SSSR count). The fourth-order valence-electron chi connectivity index (χ4n) is 7.06. The molecule has 12 heteroatoms. The minimum absolute atomic E-state index is 0.0141. The smallest absolute Gasteiger partial charge is 0.268 e. The largest absolute Gasteiger partial charge is 0.332 e. The van der Waals surface area contributed by atoms with Crippen molar-refractivity contribution in [2.24, 2.45) is 0 Å². The van der Waals surface area contributed by atoms with Crippen LogP contribution in [0.15, 0.2) is 99.6 Å². The van der Waals surface area contributed by atoms with Crippen molar-refractivity contribution in [2.45, 2.75) is 59.3 Å². The molecule has 0 bridgehead atoms. The molecular weight excluding hydrogens is 676 g/mol. The molecular formula is C36H30ClF2N3O4S2. The molecule has 2 heterocycles. The Balaban J connectivity index is 1.22. The summed E-state index contributed by atoms with van der Waals surface area (Å²) in [5, 5.41) is 0.299. The molecule has 246 valence electrons. The number of nitrogens with one attached hydrogen (secondary N) is 1. The van der Waals surface area contributed by atoms with E-state index in [1.807, 2.05) is 22.9 Å². The van der Waals surface area contributed by atoms with Crippen molar-refractivity contribution in [2.75, 3.05) is 11.4 Å². The molecule has 1 saturated carbocycles. The van der Waals surface area contributed by atoms with Gasteiger partial charge in [0, 0.05) is 38.5 Å². The summed E-state index contributed by atoms with van der Waals surface area (Å²) < 4.78 is 60.7. The Labute approximate surface area is 285 Å². The summed E-state index contributed by atoms with van der Waals surface area (Å²) in [5.74, 6) is -2.98. The zero-order valence-corrected chi connectivity index (χ0v) is 28.2. The van der Waals surface area contributed by atoms with Crippen molar-refractivity contribution in [3.8, 4) is 0 Å². The zero-order valence-electron chi connectivity index (χ0n) is 25.8. The first kappa shape index (κ1) is 32.4. The van der Waals surface area contributed by atoms with Gasteiger partial charge in [0.25, 0.3) is 15.9 Å². The van der Waals surface area contributed by atoms with E-state index in [1.165, 1.54) is 54.1 Å². The Morgan fingerprint density at radius 2 is 1.62 bits per heavy atom. The highest BCUT2D eigenvalue weighted by atomic mass is 35.5. The summed E-state index contributed by atoms with van der Waals surface area (Å²) in [7, 11) is -4.25. The second-order valence-corrected chi connectivity index (χ2v) is 15.4. The minimum Gasteiger partial charge on any atom is -0.332 e. The molecule has 1 aliphatic carbocycles. The van der Waals surface area contributed by atoms with E-state index in [1.54, 1.807) is 28.5 Å². The van der Waals surface area contributed by atoms with Gasteiger partial charge in [0.1, 0.15) is 12.4 Å². The molecule has 4 aromatic carbocycles. The second kappa shape index (κ2) is 12.4. The van der Waals surface area contributed by atoms with E-state index in [0.29, 0.717) is 22.5 Å². The van der Waals surface area contributed by atoms with Gasteiger partial charge < -0.3 is 9.47 Å². The number of rotatable bonds is 7. The Kier molecular flexibility index (Phi) is 8.33. The van der Waals surface area contributed by atoms with Crippen LogP contribution in [0.5, 0.6) is 0 Å². The van der Waals surface area contributed by atoms with Crippen LogP contribution in [-0.2, 0) is 26.8 Å². The summed E-state index contributed by atoms with van der Waals surface area (Å²) in [5.41, 5.74) is 2.11. The van der Waals surface area contributed by atoms with Crippen molar-refractivity contribution >= 4 is 61.8 Å². The van der Waals surface area contributed by atoms with Gasteiger partial charge in [-0.3, -0.25) is 9.59 Å². The third-order valence-corrected chi connectivity index (χ3v) is 12.3. The number of fused-ring (bicyclic) bond motifs is 3. The number of carbonyl (C=O) groups is 2. The van der Waals surface area contributed by atoms with Gasteiger partial charge in [-0.25, -0.2) is 21.9 Å². The first-order chi connectivity index (χ1) is 23.0. The Morgan fingerprint density at radius 3 is 2.38 bits per heavy atom. The molecule has 7 nitrogen and oxygen atoms in total. The average molecular weight is 706 g/mol. The number of aromatic nitrogens is 1. The maximum absolute atomic E-state index is 15.9. The highest BCUT2D eigenvalue weighted by Gasteiger charge is 2.46. The molecule has 0 saturated heterocycles. The number of sulfonamides is 1. The van der Waals surface area contributed by atoms with Crippen molar-refractivity contribution in [3.05, 3.63) is 118 Å². The van der Waals surface area contributed by atoms with Crippen LogP contribution in [0.1, 0.15) is 47.3 Å². The second-order valence-electron chi connectivity index (χ2n) is 12.2. The first-order valence-corrected chi connectivity index (χ1v) is 18.1. The number of para-hydroxylation sites is 1. The van der Waals surface area contributed by atoms with Crippen LogP contribution < -0.4 is 9.62 Å². The Bertz CT molecular complexity index is 2220. The number of hydrogen-bond acceptors (Lipinski definition) is 5. The maximum atomic E-state index is 15.9. The normalized spacial score (nSPS) is 15.3. The standard InChI is InChI=1S/C36H30ClF2N3O4S2/c1-22-34(47-29-15-9-12-24(31(29)38)35(44)40-48(45,46)23-10-3-2-4-11-23)25-16-17-27(37)32(39)33(25)41(22)20-30(43)42-21-36(18-7-8-19-36)26-13-5-6-14-28(26)42/h2-6,9-17H,7-8,18-21H2,1H3,(H,40,44). The summed E-state index contributed by atoms with van der Waals surface area (Å²) in [6.07, 6.45) is 4.21. The third-order valence-electron chi connectivity index (χ3n) is 9.40. The van der Waals surface area contributed by atoms with Crippen molar-refractivity contribution < 1.29 is 26.8 Å². The monoisotopic (exact) mass is 705 g/mol. The van der Waals surface area contributed by atoms with Crippen LogP contribution in [0.3, 0.4) is 0 Å². The number of halogens is 3. The van der Waals surface area contributed by atoms with Gasteiger partial charge in [-0.15, -0.1) is 0 Å². The van der Waals surface area contributed by atoms with E-state index in [0.717, 1.165) is 43.1 Å². The molecule has 0 atom stereocenters. The van der Waals surface area contributed by atoms with E-state index in [-0.39, 0.29) is 38.2 Å². The van der Waals surface area contributed by atoms with Gasteiger partial charge in [-0.1, -0.05) is 78.7 Å². The molecule has 0 unspecified atom stereocenters. The Hall–Kier alpha value is -4.19. The molecule has 5 aromatic rings. The highest BCUT2D eigenvalue weighted by Crippen LogP contribution is 2.50. The topological polar surface area (TPSA) is 88.5 Å². The fourth-order valence-corrected chi connectivity index (χ4v) is 9.30. The molecule has 1 fully saturated rings. The number of benzene rings is 4. The van der Waals surface area contributed by atoms with Crippen molar-refractivity contribution in [1.29, 1.82) is 0 Å². The molecule has 48 heavy (non-hydrogen) atoms. The van der Waals surface area contributed by atoms with Crippen molar-refractivity contribution in [3.63, 3.8) is 0 Å². The van der Waals surface area contributed by atoms with Gasteiger partial charge in [0.2, 0.25) is 5.91 Å². The van der Waals surface area contributed by atoms with Crippen LogP contribution in [-0.4, -0.2) is 31.3 Å². The number of nitrogens with zero attached hydrogens (tertiary/aromatic N) is 2. The molecule has 1 aliphatic heterocycles. The van der Waals surface area contributed by atoms with Gasteiger partial charge in [-0.05, 0) is 67.8 Å². The summed E-state index contributed by atoms with van der Waals surface area (Å²) in [6.45, 7) is 2.11. The van der Waals surface area contributed by atoms with E-state index in [9.17, 15) is 18.0 Å². The third kappa shape index (κ3) is 5.47. The molecule has 1 aromatic heterocycles. The van der Waals surface area contributed by atoms with Crippen molar-refractivity contribution in [1.82, 2.24) is 9.29 Å². The van der Waals surface area contributed by atoms with Crippen LogP contribution in [0.4, 0.5) is 14.5 Å². The highest BCUT2D eigenvalue weighted by molar-refractivity contribution is 7.99. The molecule has 1 N–H and O–H groups in total. The van der Waals surface area contributed by atoms with Crippen LogP contribution in [0.25, 0.3) is 10.9 Å². The van der Waals surface area contributed by atoms with Crippen LogP contribution in [0.2, 0.25) is 5.02 Å². The molecule has 1 spiro atoms. The van der Waals surface area contributed by atoms with Gasteiger partial charge in [-0.2, -0.15) is 0 Å². The zero-order chi connectivity index (χ0) is 33.8. The fraction of sp³-hybridized carbons (Fsp3) is 0.222. The predicted octanol–water partition coefficient (Wildman–Crippen LogP) is 8.01. The van der Waals surface area contributed by atoms with Crippen LogP contribution >= 0.6 is 23.4 Å². The number of amides is 2. The SMILES string of the molecule is Cc1c(Sc2cccc(C(=O)NS(=O)(=O)c3ccccc3)c2F)c2ccc(Cl)c(F)c2n1CC(=O)N1CC2(CCCC2)c2ccccc21. The van der Waals surface area contributed by atoms with Gasteiger partial charge in [0.15, 0.2) is 5.82 Å². The lowest BCUT2D eigenvalue weighted by atomic mass is 9.81. The summed E-state index contributed by atoms with van der Waals surface area (Å²) in [6, 6.07) is 22.4. The van der Waals surface area contributed by atoms with Gasteiger partial charge >= 0.3 is 0 Å². The molecule has 2 amide bonds. The van der Waals surface area contributed by atoms with Gasteiger partial charge in [0.05, 0.1) is 21.0 Å². The molecule has 2 aliphatic rings. The first-order valence-electron chi connectivity index (χ1n) is 15.5. The van der Waals surface area contributed by atoms with E-state index in [4.69, 9.17) is 11.6 Å². The number of anilines is 1. The van der Waals surface area contributed by atoms with E-state index >= 15 is 8.78 Å². The Morgan fingerprint density at radius 1 is 0.917 bits per heavy atom. The lowest BCUT2D eigenvalue weighted by Gasteiger charge is -2.25. The summed E-state index contributed by atoms with van der Waals surface area (Å²) >= 11 is 7.18. The van der Waals surface area contributed by atoms with E-state index < -0.39 is 33.1 Å². The van der Waals surface area contributed by atoms with Crippen LogP contribution in [0, 0.1) is 18.6 Å².